The van der Waals surface area contributed by atoms with Gasteiger partial charge < -0.3 is 9.80 Å². The molecule has 5 nitrogen and oxygen atoms in total. The van der Waals surface area contributed by atoms with Gasteiger partial charge in [-0.25, -0.2) is 4.98 Å². The number of hydrogen-bond acceptors (Lipinski definition) is 4. The van der Waals surface area contributed by atoms with Crippen LogP contribution in [0, 0.1) is 18.3 Å². The van der Waals surface area contributed by atoms with Crippen molar-refractivity contribution in [1.29, 1.82) is 5.26 Å². The number of aromatic nitrogens is 1. The fourth-order valence-corrected chi connectivity index (χ4v) is 1.87. The lowest BCUT2D eigenvalue weighted by Crippen LogP contribution is -2.39. The zero-order chi connectivity index (χ0) is 14.4. The Morgan fingerprint density at radius 1 is 1.37 bits per heavy atom. The van der Waals surface area contributed by atoms with E-state index in [-0.39, 0.29) is 12.5 Å². The van der Waals surface area contributed by atoms with E-state index in [2.05, 4.69) is 11.1 Å². The molecule has 1 rings (SSSR count). The van der Waals surface area contributed by atoms with Crippen LogP contribution in [0.25, 0.3) is 0 Å². The average molecular weight is 260 g/mol. The van der Waals surface area contributed by atoms with Gasteiger partial charge in [0.2, 0.25) is 5.91 Å². The van der Waals surface area contributed by atoms with E-state index in [4.69, 9.17) is 5.26 Å². The van der Waals surface area contributed by atoms with Gasteiger partial charge >= 0.3 is 0 Å². The molecule has 0 unspecified atom stereocenters. The zero-order valence-corrected chi connectivity index (χ0v) is 12.0. The molecule has 19 heavy (non-hydrogen) atoms. The molecule has 0 saturated heterocycles. The summed E-state index contributed by atoms with van der Waals surface area (Å²) < 4.78 is 0. The Balaban J connectivity index is 2.84. The maximum Gasteiger partial charge on any atom is 0.242 e. The van der Waals surface area contributed by atoms with Gasteiger partial charge in [-0.05, 0) is 32.9 Å². The maximum atomic E-state index is 12.0. The first kappa shape index (κ1) is 15.0. The molecule has 0 saturated carbocycles. The van der Waals surface area contributed by atoms with Crippen molar-refractivity contribution in [3.05, 3.63) is 23.4 Å². The normalized spacial score (nSPS) is 9.84. The molecule has 102 valence electrons. The van der Waals surface area contributed by atoms with Gasteiger partial charge in [0.1, 0.15) is 5.82 Å². The second-order valence-corrected chi connectivity index (χ2v) is 4.39. The minimum atomic E-state index is 0.0642. The number of hydrogen-bond donors (Lipinski definition) is 0. The van der Waals surface area contributed by atoms with Crippen molar-refractivity contribution in [2.45, 2.75) is 20.8 Å². The first-order valence-corrected chi connectivity index (χ1v) is 6.39. The van der Waals surface area contributed by atoms with E-state index in [0.29, 0.717) is 24.5 Å². The number of carbonyl (C=O) groups excluding carboxylic acids is 1. The Morgan fingerprint density at radius 3 is 2.53 bits per heavy atom. The fourth-order valence-electron chi connectivity index (χ4n) is 1.87. The Morgan fingerprint density at radius 2 is 2.00 bits per heavy atom. The lowest BCUT2D eigenvalue weighted by atomic mass is 10.2. The number of carbonyl (C=O) groups is 1. The van der Waals surface area contributed by atoms with Crippen molar-refractivity contribution in [3.8, 4) is 6.07 Å². The van der Waals surface area contributed by atoms with Gasteiger partial charge in [0.25, 0.3) is 0 Å². The molecule has 0 aliphatic heterocycles. The summed E-state index contributed by atoms with van der Waals surface area (Å²) in [7, 11) is 1.81. The molecule has 0 aliphatic rings. The highest BCUT2D eigenvalue weighted by atomic mass is 16.2. The molecular formula is C14H20N4O. The van der Waals surface area contributed by atoms with Gasteiger partial charge in [-0.1, -0.05) is 0 Å². The smallest absolute Gasteiger partial charge is 0.242 e. The van der Waals surface area contributed by atoms with Gasteiger partial charge in [0.05, 0.1) is 18.2 Å². The number of likely N-dealkylation sites (N-methyl/N-ethyl adjacent to an activating group) is 2. The van der Waals surface area contributed by atoms with Crippen molar-refractivity contribution in [3.63, 3.8) is 0 Å². The van der Waals surface area contributed by atoms with Gasteiger partial charge in [-0.3, -0.25) is 4.79 Å². The quantitative estimate of drug-likeness (QED) is 0.806. The summed E-state index contributed by atoms with van der Waals surface area (Å²) in [6.45, 7) is 7.43. The molecule has 0 aliphatic carbocycles. The Labute approximate surface area is 114 Å². The topological polar surface area (TPSA) is 60.2 Å². The highest BCUT2D eigenvalue weighted by Gasteiger charge is 2.14. The lowest BCUT2D eigenvalue weighted by molar-refractivity contribution is -0.129. The van der Waals surface area contributed by atoms with Crippen molar-refractivity contribution in [2.24, 2.45) is 0 Å². The van der Waals surface area contributed by atoms with Gasteiger partial charge in [-0.15, -0.1) is 0 Å². The minimum absolute atomic E-state index is 0.0642. The minimum Gasteiger partial charge on any atom is -0.350 e. The number of amides is 1. The molecule has 0 atom stereocenters. The van der Waals surface area contributed by atoms with Crippen molar-refractivity contribution >= 4 is 11.7 Å². The monoisotopic (exact) mass is 260 g/mol. The summed E-state index contributed by atoms with van der Waals surface area (Å²) in [5, 5.41) is 8.94. The third-order valence-corrected chi connectivity index (χ3v) is 2.95. The molecule has 1 heterocycles. The highest BCUT2D eigenvalue weighted by Crippen LogP contribution is 2.13. The van der Waals surface area contributed by atoms with Gasteiger partial charge in [0.15, 0.2) is 0 Å². The predicted octanol–water partition coefficient (Wildman–Crippen LogP) is 1.57. The molecule has 0 N–H and O–H groups in total. The largest absolute Gasteiger partial charge is 0.350 e. The van der Waals surface area contributed by atoms with Crippen molar-refractivity contribution in [2.75, 3.05) is 31.6 Å². The lowest BCUT2D eigenvalue weighted by Gasteiger charge is -2.24. The van der Waals surface area contributed by atoms with E-state index in [1.54, 1.807) is 21.9 Å². The predicted molar refractivity (Wildman–Crippen MR) is 74.9 cm³/mol. The molecule has 0 radical (unpaired) electrons. The van der Waals surface area contributed by atoms with Crippen LogP contribution in [-0.2, 0) is 4.79 Å². The number of nitriles is 1. The number of rotatable bonds is 5. The molecule has 1 aromatic heterocycles. The first-order valence-electron chi connectivity index (χ1n) is 6.39. The van der Waals surface area contributed by atoms with Crippen LogP contribution in [0.3, 0.4) is 0 Å². The molecule has 1 aromatic rings. The fraction of sp³-hybridized carbons (Fsp3) is 0.500. The molecular weight excluding hydrogens is 240 g/mol. The summed E-state index contributed by atoms with van der Waals surface area (Å²) in [5.41, 5.74) is 1.33. The second-order valence-electron chi connectivity index (χ2n) is 4.39. The van der Waals surface area contributed by atoms with Crippen LogP contribution < -0.4 is 4.90 Å². The van der Waals surface area contributed by atoms with E-state index in [1.165, 1.54) is 0 Å². The number of nitrogens with zero attached hydrogens (tertiary/aromatic N) is 4. The van der Waals surface area contributed by atoms with Crippen molar-refractivity contribution in [1.82, 2.24) is 9.88 Å². The summed E-state index contributed by atoms with van der Waals surface area (Å²) in [4.78, 5) is 19.9. The number of aryl methyl sites for hydroxylation is 1. The van der Waals surface area contributed by atoms with E-state index in [9.17, 15) is 4.79 Å². The standard InChI is InChI=1S/C14H20N4O/c1-5-18(6-2)14(19)10-17(4)13-8-12(9-15)7-11(3)16-13/h7-8H,5-6,10H2,1-4H3. The number of pyridine rings is 1. The van der Waals surface area contributed by atoms with E-state index < -0.39 is 0 Å². The van der Waals surface area contributed by atoms with E-state index in [1.807, 2.05) is 27.8 Å². The Kier molecular flexibility index (Phi) is 5.31. The Bertz CT molecular complexity index is 489. The summed E-state index contributed by atoms with van der Waals surface area (Å²) >= 11 is 0. The molecule has 0 bridgehead atoms. The van der Waals surface area contributed by atoms with E-state index >= 15 is 0 Å². The molecule has 0 spiro atoms. The summed E-state index contributed by atoms with van der Waals surface area (Å²) in [5.74, 6) is 0.714. The van der Waals surface area contributed by atoms with Crippen molar-refractivity contribution < 1.29 is 4.79 Å². The van der Waals surface area contributed by atoms with Crippen LogP contribution in [0.15, 0.2) is 12.1 Å². The molecule has 0 aromatic carbocycles. The van der Waals surface area contributed by atoms with Gasteiger partial charge in [-0.2, -0.15) is 5.26 Å². The molecule has 5 heteroatoms. The summed E-state index contributed by atoms with van der Waals surface area (Å²) in [6.07, 6.45) is 0. The average Bonchev–Trinajstić information content (AvgIpc) is 2.39. The number of anilines is 1. The molecule has 1 amide bonds. The second kappa shape index (κ2) is 6.74. The van der Waals surface area contributed by atoms with Crippen LogP contribution in [0.1, 0.15) is 25.1 Å². The highest BCUT2D eigenvalue weighted by molar-refractivity contribution is 5.81. The maximum absolute atomic E-state index is 12.0. The zero-order valence-electron chi connectivity index (χ0n) is 12.0. The SMILES string of the molecule is CCN(CC)C(=O)CN(C)c1cc(C#N)cc(C)n1. The van der Waals surface area contributed by atoms with Crippen LogP contribution in [-0.4, -0.2) is 42.5 Å². The van der Waals surface area contributed by atoms with Crippen LogP contribution in [0.5, 0.6) is 0 Å². The van der Waals surface area contributed by atoms with Crippen LogP contribution in [0.4, 0.5) is 5.82 Å². The summed E-state index contributed by atoms with van der Waals surface area (Å²) in [6, 6.07) is 5.52. The Hall–Kier alpha value is -2.09. The van der Waals surface area contributed by atoms with Crippen LogP contribution >= 0.6 is 0 Å². The first-order chi connectivity index (χ1) is 9.01. The third kappa shape index (κ3) is 3.95. The van der Waals surface area contributed by atoms with Gasteiger partial charge in [0, 0.05) is 25.8 Å². The van der Waals surface area contributed by atoms with E-state index in [0.717, 1.165) is 5.69 Å². The van der Waals surface area contributed by atoms with Crippen LogP contribution in [0.2, 0.25) is 0 Å². The third-order valence-electron chi connectivity index (χ3n) is 2.95. The molecule has 0 fully saturated rings.